The first-order valence-corrected chi connectivity index (χ1v) is 7.54. The van der Waals surface area contributed by atoms with Crippen LogP contribution in [0, 0.1) is 11.3 Å². The number of pyridine rings is 1. The van der Waals surface area contributed by atoms with Crippen LogP contribution in [0.2, 0.25) is 0 Å². The molecule has 4 nitrogen and oxygen atoms in total. The number of hydrogen-bond donors (Lipinski definition) is 0. The van der Waals surface area contributed by atoms with E-state index in [4.69, 9.17) is 10.00 Å². The Kier molecular flexibility index (Phi) is 6.33. The predicted molar refractivity (Wildman–Crippen MR) is 83.1 cm³/mol. The van der Waals surface area contributed by atoms with Gasteiger partial charge in [0.2, 0.25) is 5.88 Å². The van der Waals surface area contributed by atoms with Gasteiger partial charge in [-0.25, -0.2) is 4.98 Å². The number of alkyl halides is 3. The van der Waals surface area contributed by atoms with Crippen LogP contribution in [0.1, 0.15) is 31.0 Å². The average molecular weight is 345 g/mol. The molecule has 1 aromatic rings. The SMILES string of the molecule is COc1nc(C(C)C)c(S/C(C#N)=C/N(C)C)cc1C(F)(F)F. The van der Waals surface area contributed by atoms with Gasteiger partial charge in [-0.2, -0.15) is 18.4 Å². The fraction of sp³-hybridized carbons (Fsp3) is 0.467. The van der Waals surface area contributed by atoms with Crippen molar-refractivity contribution in [3.63, 3.8) is 0 Å². The molecule has 0 N–H and O–H groups in total. The fourth-order valence-electron chi connectivity index (χ4n) is 1.78. The number of nitrogens with zero attached hydrogens (tertiary/aromatic N) is 3. The molecule has 0 aliphatic heterocycles. The van der Waals surface area contributed by atoms with Crippen molar-refractivity contribution in [3.8, 4) is 11.9 Å². The third-order valence-corrected chi connectivity index (χ3v) is 3.69. The van der Waals surface area contributed by atoms with Gasteiger partial charge in [-0.3, -0.25) is 0 Å². The molecule has 0 bridgehead atoms. The van der Waals surface area contributed by atoms with Crippen LogP contribution in [0.15, 0.2) is 22.1 Å². The van der Waals surface area contributed by atoms with Crippen LogP contribution in [0.3, 0.4) is 0 Å². The van der Waals surface area contributed by atoms with E-state index in [0.29, 0.717) is 10.6 Å². The summed E-state index contributed by atoms with van der Waals surface area (Å²) in [5.41, 5.74) is -0.492. The Hall–Kier alpha value is -1.88. The Balaban J connectivity index is 3.48. The largest absolute Gasteiger partial charge is 0.481 e. The molecule has 126 valence electrons. The first-order chi connectivity index (χ1) is 10.6. The Labute approximate surface area is 137 Å². The van der Waals surface area contributed by atoms with Crippen molar-refractivity contribution in [3.05, 3.63) is 28.4 Å². The standard InChI is InChI=1S/C15H18F3N3OS/c1-9(2)13-12(23-10(7-19)8-21(3)4)6-11(15(16,17)18)14(20-13)22-5/h6,8-9H,1-5H3/b10-8+. The molecule has 8 heteroatoms. The van der Waals surface area contributed by atoms with Crippen LogP contribution in [0.5, 0.6) is 5.88 Å². The fourth-order valence-corrected chi connectivity index (χ4v) is 2.89. The van der Waals surface area contributed by atoms with Crippen molar-refractivity contribution >= 4 is 11.8 Å². The number of halogens is 3. The number of nitriles is 1. The molecule has 0 atom stereocenters. The predicted octanol–water partition coefficient (Wildman–Crippen LogP) is 4.25. The van der Waals surface area contributed by atoms with E-state index in [-0.39, 0.29) is 10.8 Å². The van der Waals surface area contributed by atoms with Gasteiger partial charge in [-0.1, -0.05) is 25.6 Å². The van der Waals surface area contributed by atoms with E-state index in [0.717, 1.165) is 24.9 Å². The van der Waals surface area contributed by atoms with Crippen LogP contribution in [-0.4, -0.2) is 31.1 Å². The Morgan fingerprint density at radius 3 is 2.43 bits per heavy atom. The molecule has 1 heterocycles. The molecular weight excluding hydrogens is 327 g/mol. The lowest BCUT2D eigenvalue weighted by Crippen LogP contribution is -2.11. The second kappa shape index (κ2) is 7.59. The van der Waals surface area contributed by atoms with E-state index in [1.54, 1.807) is 25.2 Å². The van der Waals surface area contributed by atoms with Gasteiger partial charge in [0.15, 0.2) is 0 Å². The van der Waals surface area contributed by atoms with Gasteiger partial charge in [0.05, 0.1) is 12.8 Å². The monoisotopic (exact) mass is 345 g/mol. The van der Waals surface area contributed by atoms with Crippen LogP contribution in [0.25, 0.3) is 0 Å². The molecule has 0 radical (unpaired) electrons. The van der Waals surface area contributed by atoms with Crippen molar-refractivity contribution in [1.29, 1.82) is 5.26 Å². The zero-order chi connectivity index (χ0) is 17.8. The number of allylic oxidation sites excluding steroid dienone is 1. The van der Waals surface area contributed by atoms with Crippen LogP contribution in [-0.2, 0) is 6.18 Å². The van der Waals surface area contributed by atoms with Crippen molar-refractivity contribution < 1.29 is 17.9 Å². The van der Waals surface area contributed by atoms with Gasteiger partial charge in [0.1, 0.15) is 16.5 Å². The van der Waals surface area contributed by atoms with Crippen molar-refractivity contribution in [1.82, 2.24) is 9.88 Å². The molecule has 0 aliphatic rings. The summed E-state index contributed by atoms with van der Waals surface area (Å²) >= 11 is 0.962. The summed E-state index contributed by atoms with van der Waals surface area (Å²) in [5, 5.41) is 9.16. The van der Waals surface area contributed by atoms with Gasteiger partial charge in [0.25, 0.3) is 0 Å². The lowest BCUT2D eigenvalue weighted by Gasteiger charge is -2.17. The highest BCUT2D eigenvalue weighted by molar-refractivity contribution is 8.03. The quantitative estimate of drug-likeness (QED) is 0.590. The number of rotatable bonds is 5. The van der Waals surface area contributed by atoms with Gasteiger partial charge in [0, 0.05) is 25.2 Å². The summed E-state index contributed by atoms with van der Waals surface area (Å²) in [4.78, 5) is 6.23. The minimum Gasteiger partial charge on any atom is -0.481 e. The van der Waals surface area contributed by atoms with E-state index < -0.39 is 17.6 Å². The number of ether oxygens (including phenoxy) is 1. The molecule has 0 unspecified atom stereocenters. The minimum atomic E-state index is -4.58. The topological polar surface area (TPSA) is 49.1 Å². The molecule has 0 saturated carbocycles. The molecular formula is C15H18F3N3OS. The maximum atomic E-state index is 13.2. The first-order valence-electron chi connectivity index (χ1n) is 6.72. The van der Waals surface area contributed by atoms with Gasteiger partial charge in [-0.05, 0) is 12.0 Å². The molecule has 23 heavy (non-hydrogen) atoms. The maximum Gasteiger partial charge on any atom is 0.421 e. The number of hydrogen-bond acceptors (Lipinski definition) is 5. The third kappa shape index (κ3) is 5.06. The highest BCUT2D eigenvalue weighted by Crippen LogP contribution is 2.41. The van der Waals surface area contributed by atoms with E-state index >= 15 is 0 Å². The average Bonchev–Trinajstić information content (AvgIpc) is 2.44. The Morgan fingerprint density at radius 2 is 2.04 bits per heavy atom. The molecule has 0 fully saturated rings. The first kappa shape index (κ1) is 19.2. The minimum absolute atomic E-state index is 0.118. The summed E-state index contributed by atoms with van der Waals surface area (Å²) < 4.78 is 44.3. The summed E-state index contributed by atoms with van der Waals surface area (Å²) in [7, 11) is 4.62. The Bertz CT molecular complexity index is 634. The van der Waals surface area contributed by atoms with Gasteiger partial charge >= 0.3 is 6.18 Å². The zero-order valence-corrected chi connectivity index (χ0v) is 14.3. The lowest BCUT2D eigenvalue weighted by molar-refractivity contribution is -0.139. The molecule has 1 rings (SSSR count). The summed E-state index contributed by atoms with van der Waals surface area (Å²) in [6.07, 6.45) is -3.03. The van der Waals surface area contributed by atoms with Crippen molar-refractivity contribution in [2.75, 3.05) is 21.2 Å². The van der Waals surface area contributed by atoms with E-state index in [1.165, 1.54) is 0 Å². The summed E-state index contributed by atoms with van der Waals surface area (Å²) in [6.45, 7) is 3.64. The highest BCUT2D eigenvalue weighted by Gasteiger charge is 2.36. The zero-order valence-electron chi connectivity index (χ0n) is 13.5. The van der Waals surface area contributed by atoms with E-state index in [1.807, 2.05) is 19.9 Å². The van der Waals surface area contributed by atoms with Crippen LogP contribution in [0.4, 0.5) is 13.2 Å². The molecule has 1 aromatic heterocycles. The number of methoxy groups -OCH3 is 1. The normalized spacial score (nSPS) is 12.3. The molecule has 0 saturated heterocycles. The maximum absolute atomic E-state index is 13.2. The molecule has 0 aliphatic carbocycles. The highest BCUT2D eigenvalue weighted by atomic mass is 32.2. The Morgan fingerprint density at radius 1 is 1.43 bits per heavy atom. The van der Waals surface area contributed by atoms with Crippen LogP contribution >= 0.6 is 11.8 Å². The lowest BCUT2D eigenvalue weighted by atomic mass is 10.1. The summed E-state index contributed by atoms with van der Waals surface area (Å²) in [6, 6.07) is 2.97. The molecule has 0 spiro atoms. The van der Waals surface area contributed by atoms with Crippen LogP contribution < -0.4 is 4.74 Å². The molecule has 0 aromatic carbocycles. The van der Waals surface area contributed by atoms with E-state index in [9.17, 15) is 13.2 Å². The third-order valence-electron chi connectivity index (χ3n) is 2.73. The van der Waals surface area contributed by atoms with E-state index in [2.05, 4.69) is 4.98 Å². The number of aromatic nitrogens is 1. The number of thioether (sulfide) groups is 1. The smallest absolute Gasteiger partial charge is 0.421 e. The van der Waals surface area contributed by atoms with Gasteiger partial charge < -0.3 is 9.64 Å². The second-order valence-electron chi connectivity index (χ2n) is 5.25. The summed E-state index contributed by atoms with van der Waals surface area (Å²) in [5.74, 6) is -0.575. The van der Waals surface area contributed by atoms with Gasteiger partial charge in [-0.15, -0.1) is 0 Å². The van der Waals surface area contributed by atoms with Crippen molar-refractivity contribution in [2.24, 2.45) is 0 Å². The second-order valence-corrected chi connectivity index (χ2v) is 6.34. The molecule has 0 amide bonds. The van der Waals surface area contributed by atoms with Crippen molar-refractivity contribution in [2.45, 2.75) is 30.8 Å².